The normalized spacial score (nSPS) is 18.4. The summed E-state index contributed by atoms with van der Waals surface area (Å²) in [5, 5.41) is 10.3. The van der Waals surface area contributed by atoms with Crippen molar-refractivity contribution in [3.63, 3.8) is 0 Å². The summed E-state index contributed by atoms with van der Waals surface area (Å²) in [6.07, 6.45) is 0.299. The van der Waals surface area contributed by atoms with Crippen LogP contribution in [0.2, 0.25) is 0 Å². The first-order valence-electron chi connectivity index (χ1n) is 6.50. The van der Waals surface area contributed by atoms with Gasteiger partial charge in [0.05, 0.1) is 10.6 Å². The van der Waals surface area contributed by atoms with Gasteiger partial charge >= 0.3 is 0 Å². The van der Waals surface area contributed by atoms with Crippen LogP contribution in [0.1, 0.15) is 11.1 Å². The minimum Gasteiger partial charge on any atom is -0.487 e. The van der Waals surface area contributed by atoms with Gasteiger partial charge in [0, 0.05) is 12.8 Å². The van der Waals surface area contributed by atoms with Crippen LogP contribution >= 0.6 is 15.9 Å². The molecule has 1 N–H and O–H groups in total. The van der Waals surface area contributed by atoms with Crippen molar-refractivity contribution in [3.8, 4) is 5.75 Å². The van der Waals surface area contributed by atoms with E-state index in [0.29, 0.717) is 17.3 Å². The van der Waals surface area contributed by atoms with Crippen molar-refractivity contribution in [1.29, 1.82) is 0 Å². The number of halogens is 2. The van der Waals surface area contributed by atoms with E-state index in [1.165, 1.54) is 6.07 Å². The largest absolute Gasteiger partial charge is 0.487 e. The van der Waals surface area contributed by atoms with Gasteiger partial charge in [0.1, 0.15) is 17.7 Å². The molecule has 0 spiro atoms. The standard InChI is InChI=1S/C16H14BrFO2/c17-12-7-10(5-6-13(12)18)8-14(19)16-9-11-3-1-2-4-15(11)20-16/h1-7,14,16,19H,8-9H2. The summed E-state index contributed by atoms with van der Waals surface area (Å²) in [5.74, 6) is 0.546. The van der Waals surface area contributed by atoms with Crippen LogP contribution in [-0.4, -0.2) is 17.3 Å². The Labute approximate surface area is 125 Å². The Hall–Kier alpha value is -1.39. The van der Waals surface area contributed by atoms with Crippen molar-refractivity contribution < 1.29 is 14.2 Å². The van der Waals surface area contributed by atoms with Crippen LogP contribution in [0.5, 0.6) is 5.75 Å². The van der Waals surface area contributed by atoms with E-state index in [1.807, 2.05) is 24.3 Å². The van der Waals surface area contributed by atoms with E-state index in [9.17, 15) is 9.50 Å². The zero-order valence-electron chi connectivity index (χ0n) is 10.7. The van der Waals surface area contributed by atoms with Gasteiger partial charge in [-0.15, -0.1) is 0 Å². The van der Waals surface area contributed by atoms with Gasteiger partial charge in [-0.1, -0.05) is 24.3 Å². The van der Waals surface area contributed by atoms with Crippen molar-refractivity contribution in [2.45, 2.75) is 25.0 Å². The molecule has 0 aliphatic carbocycles. The number of hydrogen-bond donors (Lipinski definition) is 1. The van der Waals surface area contributed by atoms with Crippen LogP contribution in [-0.2, 0) is 12.8 Å². The molecule has 0 radical (unpaired) electrons. The molecule has 4 heteroatoms. The number of rotatable bonds is 3. The van der Waals surface area contributed by atoms with E-state index in [0.717, 1.165) is 16.9 Å². The number of hydrogen-bond acceptors (Lipinski definition) is 2. The van der Waals surface area contributed by atoms with E-state index >= 15 is 0 Å². The van der Waals surface area contributed by atoms with Gasteiger partial charge in [0.25, 0.3) is 0 Å². The van der Waals surface area contributed by atoms with Gasteiger partial charge in [-0.3, -0.25) is 0 Å². The summed E-state index contributed by atoms with van der Waals surface area (Å²) in [7, 11) is 0. The lowest BCUT2D eigenvalue weighted by Gasteiger charge is -2.18. The molecule has 20 heavy (non-hydrogen) atoms. The Balaban J connectivity index is 1.69. The van der Waals surface area contributed by atoms with Crippen molar-refractivity contribution in [2.24, 2.45) is 0 Å². The fourth-order valence-electron chi connectivity index (χ4n) is 2.46. The Kier molecular flexibility index (Phi) is 3.76. The monoisotopic (exact) mass is 336 g/mol. The van der Waals surface area contributed by atoms with Crippen molar-refractivity contribution in [2.75, 3.05) is 0 Å². The number of para-hydroxylation sites is 1. The van der Waals surface area contributed by atoms with Crippen LogP contribution in [0.4, 0.5) is 4.39 Å². The molecule has 2 aromatic carbocycles. The molecule has 0 bridgehead atoms. The maximum absolute atomic E-state index is 13.2. The zero-order valence-corrected chi connectivity index (χ0v) is 12.3. The molecule has 1 aliphatic rings. The lowest BCUT2D eigenvalue weighted by molar-refractivity contribution is 0.0503. The van der Waals surface area contributed by atoms with E-state index in [4.69, 9.17) is 4.74 Å². The van der Waals surface area contributed by atoms with Crippen molar-refractivity contribution in [1.82, 2.24) is 0 Å². The van der Waals surface area contributed by atoms with E-state index in [-0.39, 0.29) is 11.9 Å². The lowest BCUT2D eigenvalue weighted by Crippen LogP contribution is -2.32. The van der Waals surface area contributed by atoms with E-state index < -0.39 is 6.10 Å². The number of aliphatic hydroxyl groups excluding tert-OH is 1. The lowest BCUT2D eigenvalue weighted by atomic mass is 10.0. The third-order valence-electron chi connectivity index (χ3n) is 3.53. The topological polar surface area (TPSA) is 29.5 Å². The minimum atomic E-state index is -0.611. The molecule has 2 atom stereocenters. The molecular weight excluding hydrogens is 323 g/mol. The quantitative estimate of drug-likeness (QED) is 0.929. The van der Waals surface area contributed by atoms with Crippen LogP contribution < -0.4 is 4.74 Å². The highest BCUT2D eigenvalue weighted by molar-refractivity contribution is 9.10. The van der Waals surface area contributed by atoms with E-state index in [1.54, 1.807) is 12.1 Å². The number of benzene rings is 2. The highest BCUT2D eigenvalue weighted by atomic mass is 79.9. The highest BCUT2D eigenvalue weighted by Gasteiger charge is 2.28. The van der Waals surface area contributed by atoms with Crippen LogP contribution in [0.25, 0.3) is 0 Å². The molecule has 2 aromatic rings. The zero-order chi connectivity index (χ0) is 14.1. The first kappa shape index (κ1) is 13.6. The maximum Gasteiger partial charge on any atom is 0.137 e. The maximum atomic E-state index is 13.2. The average molecular weight is 337 g/mol. The molecule has 1 aliphatic heterocycles. The summed E-state index contributed by atoms with van der Waals surface area (Å²) >= 11 is 3.15. The second-order valence-corrected chi connectivity index (χ2v) is 5.84. The Bertz CT molecular complexity index is 605. The highest BCUT2D eigenvalue weighted by Crippen LogP contribution is 2.30. The smallest absolute Gasteiger partial charge is 0.137 e. The molecule has 2 unspecified atom stereocenters. The fourth-order valence-corrected chi connectivity index (χ4v) is 2.89. The molecule has 1 heterocycles. The molecule has 0 fully saturated rings. The summed E-state index contributed by atoms with van der Waals surface area (Å²) < 4.78 is 19.4. The average Bonchev–Trinajstić information content (AvgIpc) is 2.87. The van der Waals surface area contributed by atoms with Gasteiger partial charge in [-0.25, -0.2) is 4.39 Å². The predicted molar refractivity (Wildman–Crippen MR) is 78.4 cm³/mol. The number of aliphatic hydroxyl groups is 1. The van der Waals surface area contributed by atoms with E-state index in [2.05, 4.69) is 15.9 Å². The van der Waals surface area contributed by atoms with Gasteiger partial charge in [-0.2, -0.15) is 0 Å². The first-order chi connectivity index (χ1) is 9.63. The van der Waals surface area contributed by atoms with Gasteiger partial charge in [0.15, 0.2) is 0 Å². The molecule has 104 valence electrons. The second kappa shape index (κ2) is 5.54. The predicted octanol–water partition coefficient (Wildman–Crippen LogP) is 3.50. The van der Waals surface area contributed by atoms with Gasteiger partial charge < -0.3 is 9.84 Å². The number of ether oxygens (including phenoxy) is 1. The molecular formula is C16H14BrFO2. The summed E-state index contributed by atoms with van der Waals surface area (Å²) in [6.45, 7) is 0. The summed E-state index contributed by atoms with van der Waals surface area (Å²) in [6, 6.07) is 12.6. The third-order valence-corrected chi connectivity index (χ3v) is 4.14. The minimum absolute atomic E-state index is 0.240. The van der Waals surface area contributed by atoms with Gasteiger partial charge in [0.2, 0.25) is 0 Å². The van der Waals surface area contributed by atoms with Crippen LogP contribution in [0.3, 0.4) is 0 Å². The molecule has 2 nitrogen and oxygen atoms in total. The Morgan fingerprint density at radius 1 is 1.30 bits per heavy atom. The van der Waals surface area contributed by atoms with Crippen molar-refractivity contribution in [3.05, 3.63) is 63.9 Å². The SMILES string of the molecule is OC(Cc1ccc(F)c(Br)c1)C1Cc2ccccc2O1. The third kappa shape index (κ3) is 2.72. The van der Waals surface area contributed by atoms with Crippen LogP contribution in [0.15, 0.2) is 46.9 Å². The Morgan fingerprint density at radius 2 is 2.10 bits per heavy atom. The fraction of sp³-hybridized carbons (Fsp3) is 0.250. The van der Waals surface area contributed by atoms with Crippen molar-refractivity contribution >= 4 is 15.9 Å². The molecule has 0 saturated carbocycles. The van der Waals surface area contributed by atoms with Gasteiger partial charge in [-0.05, 0) is 45.3 Å². The molecule has 3 rings (SSSR count). The first-order valence-corrected chi connectivity index (χ1v) is 7.29. The summed E-state index contributed by atoms with van der Waals surface area (Å²) in [4.78, 5) is 0. The molecule has 0 saturated heterocycles. The molecule has 0 aromatic heterocycles. The number of fused-ring (bicyclic) bond motifs is 1. The molecule has 0 amide bonds. The Morgan fingerprint density at radius 3 is 2.85 bits per heavy atom. The van der Waals surface area contributed by atoms with Crippen LogP contribution in [0, 0.1) is 5.82 Å². The second-order valence-electron chi connectivity index (χ2n) is 4.99. The summed E-state index contributed by atoms with van der Waals surface area (Å²) in [5.41, 5.74) is 2.00.